The summed E-state index contributed by atoms with van der Waals surface area (Å²) in [6.07, 6.45) is 8.59. The average Bonchev–Trinajstić information content (AvgIpc) is 3.33. The van der Waals surface area contributed by atoms with Gasteiger partial charge >= 0.3 is 0 Å². The number of fused-ring (bicyclic) bond motifs is 6. The van der Waals surface area contributed by atoms with Crippen molar-refractivity contribution in [2.45, 2.75) is 78.6 Å². The van der Waals surface area contributed by atoms with E-state index in [2.05, 4.69) is 26.8 Å². The summed E-state index contributed by atoms with van der Waals surface area (Å²) in [7, 11) is 0. The number of hydrogen-bond donors (Lipinski definition) is 0. The largest absolute Gasteiger partial charge is 0.294 e. The Hall–Kier alpha value is -1.11. The second-order valence-corrected chi connectivity index (χ2v) is 9.27. The lowest BCUT2D eigenvalue weighted by atomic mass is 9.82. The van der Waals surface area contributed by atoms with Gasteiger partial charge in [-0.15, -0.1) is 0 Å². The van der Waals surface area contributed by atoms with Crippen molar-refractivity contribution >= 4 is 5.78 Å². The topological polar surface area (TPSA) is 17.1 Å². The van der Waals surface area contributed by atoms with Crippen LogP contribution in [0.3, 0.4) is 0 Å². The second kappa shape index (κ2) is 7.25. The Bertz CT molecular complexity index is 596. The Morgan fingerprint density at radius 1 is 0.920 bits per heavy atom. The van der Waals surface area contributed by atoms with Crippen LogP contribution in [0.25, 0.3) is 0 Å². The first-order valence-corrected chi connectivity index (χ1v) is 10.6. The fourth-order valence-corrected chi connectivity index (χ4v) is 6.20. The summed E-state index contributed by atoms with van der Waals surface area (Å²) in [5.41, 5.74) is 2.17. The number of carbonyl (C=O) groups is 1. The van der Waals surface area contributed by atoms with Gasteiger partial charge in [0.1, 0.15) is 0 Å². The monoisotopic (exact) mass is 340 g/mol. The van der Waals surface area contributed by atoms with Crippen LogP contribution in [0.5, 0.6) is 0 Å². The summed E-state index contributed by atoms with van der Waals surface area (Å²) in [6, 6.07) is 7.91. The van der Waals surface area contributed by atoms with Crippen molar-refractivity contribution in [3.8, 4) is 0 Å². The highest BCUT2D eigenvalue weighted by atomic mass is 16.1. The molecule has 1 aromatic rings. The van der Waals surface area contributed by atoms with Crippen molar-refractivity contribution in [1.82, 2.24) is 0 Å². The van der Waals surface area contributed by atoms with Crippen LogP contribution in [-0.2, 0) is 5.41 Å². The Balaban J connectivity index is 0.000000133. The molecule has 0 saturated heterocycles. The lowest BCUT2D eigenvalue weighted by molar-refractivity contribution is 0.0979. The van der Waals surface area contributed by atoms with Crippen LogP contribution in [0.15, 0.2) is 24.3 Å². The molecule has 4 atom stereocenters. The van der Waals surface area contributed by atoms with E-state index in [0.717, 1.165) is 11.5 Å². The fraction of sp³-hybridized carbons (Fsp3) is 0.708. The maximum absolute atomic E-state index is 11.5. The minimum Gasteiger partial charge on any atom is -0.294 e. The van der Waals surface area contributed by atoms with Gasteiger partial charge < -0.3 is 0 Å². The Morgan fingerprint density at radius 2 is 1.48 bits per heavy atom. The van der Waals surface area contributed by atoms with E-state index in [1.165, 1.54) is 29.2 Å². The van der Waals surface area contributed by atoms with Crippen molar-refractivity contribution in [3.63, 3.8) is 0 Å². The van der Waals surface area contributed by atoms with Gasteiger partial charge in [-0.3, -0.25) is 4.79 Å². The number of hydrogen-bond acceptors (Lipinski definition) is 1. The van der Waals surface area contributed by atoms with Crippen molar-refractivity contribution < 1.29 is 4.79 Å². The van der Waals surface area contributed by atoms with Gasteiger partial charge in [-0.05, 0) is 72.7 Å². The number of ketones is 1. The Labute approximate surface area is 154 Å². The smallest absolute Gasteiger partial charge is 0.164 e. The molecule has 1 heteroatoms. The van der Waals surface area contributed by atoms with Crippen molar-refractivity contribution in [3.05, 3.63) is 35.4 Å². The number of Topliss-reactive ketones (excluding diaryl/α,β-unsaturated/α-hetero) is 1. The minimum atomic E-state index is 0.0493. The van der Waals surface area contributed by atoms with Gasteiger partial charge in [-0.1, -0.05) is 58.9 Å². The summed E-state index contributed by atoms with van der Waals surface area (Å²) in [4.78, 5) is 11.5. The van der Waals surface area contributed by atoms with E-state index in [9.17, 15) is 4.79 Å². The minimum absolute atomic E-state index is 0.0493. The maximum atomic E-state index is 11.5. The van der Waals surface area contributed by atoms with E-state index in [-0.39, 0.29) is 11.2 Å². The second-order valence-electron chi connectivity index (χ2n) is 9.27. The molecule has 3 saturated carbocycles. The molecule has 25 heavy (non-hydrogen) atoms. The summed E-state index contributed by atoms with van der Waals surface area (Å²) in [5, 5.41) is 0. The van der Waals surface area contributed by atoms with Crippen LogP contribution in [0.1, 0.15) is 89.1 Å². The first-order valence-electron chi connectivity index (χ1n) is 10.6. The van der Waals surface area contributed by atoms with Crippen LogP contribution in [-0.4, -0.2) is 5.78 Å². The third-order valence-corrected chi connectivity index (χ3v) is 7.18. The van der Waals surface area contributed by atoms with Crippen molar-refractivity contribution in [2.75, 3.05) is 0 Å². The molecule has 0 N–H and O–H groups in total. The third-order valence-electron chi connectivity index (χ3n) is 7.18. The molecule has 0 radical (unpaired) electrons. The zero-order valence-electron chi connectivity index (χ0n) is 16.8. The van der Waals surface area contributed by atoms with E-state index >= 15 is 0 Å². The molecule has 4 aliphatic rings. The van der Waals surface area contributed by atoms with Gasteiger partial charge in [0.2, 0.25) is 0 Å². The average molecular weight is 341 g/mol. The lowest BCUT2D eigenvalue weighted by Crippen LogP contribution is -2.15. The molecule has 3 fully saturated rings. The fourth-order valence-electron chi connectivity index (χ4n) is 6.20. The lowest BCUT2D eigenvalue weighted by Gasteiger charge is -2.23. The number of benzene rings is 1. The standard InChI is InChI=1S/C11H12O.C11H18.C2H6/c1-11(2)7-10(12)8-5-3-4-6-9(8)11;1-7-4-10-8-2-3-9(6-8)11(10)5-7;1-2/h3-6H,7H2,1-2H3;7-11H,2-6H2,1H3;1-2H3. The Morgan fingerprint density at radius 3 is 2.04 bits per heavy atom. The van der Waals surface area contributed by atoms with Gasteiger partial charge in [0.25, 0.3) is 0 Å². The van der Waals surface area contributed by atoms with Gasteiger partial charge in [0.05, 0.1) is 0 Å². The molecule has 0 aromatic heterocycles. The molecule has 138 valence electrons. The van der Waals surface area contributed by atoms with Crippen LogP contribution in [0, 0.1) is 29.6 Å². The van der Waals surface area contributed by atoms with E-state index in [4.69, 9.17) is 0 Å². The molecule has 0 heterocycles. The molecule has 0 aliphatic heterocycles. The van der Waals surface area contributed by atoms with Crippen LogP contribution in [0.4, 0.5) is 0 Å². The first-order chi connectivity index (χ1) is 12.0. The van der Waals surface area contributed by atoms with Gasteiger partial charge in [0, 0.05) is 12.0 Å². The molecule has 4 aliphatic carbocycles. The molecule has 5 rings (SSSR count). The molecule has 1 nitrogen and oxygen atoms in total. The van der Waals surface area contributed by atoms with Gasteiger partial charge in [0.15, 0.2) is 5.78 Å². The highest BCUT2D eigenvalue weighted by Crippen LogP contribution is 2.59. The summed E-state index contributed by atoms with van der Waals surface area (Å²) in [6.45, 7) is 10.7. The highest BCUT2D eigenvalue weighted by molar-refractivity contribution is 6.02. The third kappa shape index (κ3) is 3.44. The summed E-state index contributed by atoms with van der Waals surface area (Å²) in [5.74, 6) is 6.07. The summed E-state index contributed by atoms with van der Waals surface area (Å²) >= 11 is 0. The quantitative estimate of drug-likeness (QED) is 0.516. The van der Waals surface area contributed by atoms with E-state index < -0.39 is 0 Å². The predicted octanol–water partition coefficient (Wildman–Crippen LogP) is 6.66. The van der Waals surface area contributed by atoms with E-state index in [1.54, 1.807) is 32.1 Å². The molecule has 1 aromatic carbocycles. The van der Waals surface area contributed by atoms with Crippen LogP contribution >= 0.6 is 0 Å². The van der Waals surface area contributed by atoms with Crippen LogP contribution < -0.4 is 0 Å². The van der Waals surface area contributed by atoms with Crippen molar-refractivity contribution in [2.24, 2.45) is 29.6 Å². The van der Waals surface area contributed by atoms with Crippen molar-refractivity contribution in [1.29, 1.82) is 0 Å². The van der Waals surface area contributed by atoms with E-state index in [1.807, 2.05) is 32.0 Å². The van der Waals surface area contributed by atoms with E-state index in [0.29, 0.717) is 6.42 Å². The highest BCUT2D eigenvalue weighted by Gasteiger charge is 2.50. The van der Waals surface area contributed by atoms with Gasteiger partial charge in [-0.25, -0.2) is 0 Å². The maximum Gasteiger partial charge on any atom is 0.164 e. The Kier molecular flexibility index (Phi) is 5.42. The normalized spacial score (nSPS) is 36.0. The zero-order valence-corrected chi connectivity index (χ0v) is 16.8. The first kappa shape index (κ1) is 18.7. The molecular formula is C24H36O. The SMILES string of the molecule is CC.CC1(C)CC(=O)c2ccccc21.CC1CC2C3CCC(C3)C2C1. The van der Waals surface area contributed by atoms with Crippen LogP contribution in [0.2, 0.25) is 0 Å². The summed E-state index contributed by atoms with van der Waals surface area (Å²) < 4.78 is 0. The predicted molar refractivity (Wildman–Crippen MR) is 106 cm³/mol. The van der Waals surface area contributed by atoms with Gasteiger partial charge in [-0.2, -0.15) is 0 Å². The molecule has 4 unspecified atom stereocenters. The number of rotatable bonds is 0. The molecule has 0 spiro atoms. The zero-order chi connectivity index (χ0) is 18.2. The molecule has 2 bridgehead atoms. The number of carbonyl (C=O) groups excluding carboxylic acids is 1. The molecular weight excluding hydrogens is 304 g/mol. The molecule has 0 amide bonds.